The van der Waals surface area contributed by atoms with E-state index in [1.165, 1.54) is 45.3 Å². The fourth-order valence-electron chi connectivity index (χ4n) is 3.98. The highest BCUT2D eigenvalue weighted by atomic mass is 16.6. The maximum atomic E-state index is 12.2. The topological polar surface area (TPSA) is 69.2 Å². The molecule has 0 bridgehead atoms. The Morgan fingerprint density at radius 1 is 1.03 bits per heavy atom. The standard InChI is InChI=1S/C22H43N5O2/c1-22(2,3)29-21(28)27-16-10-19(11-17-27)18-25-20(23-4)24-12-9-15-26-13-7-5-6-8-14-26/h19H,5-18H2,1-4H3,(H2,23,24,25). The number of guanidine groups is 1. The van der Waals surface area contributed by atoms with Crippen molar-refractivity contribution in [3.05, 3.63) is 0 Å². The number of hydrogen-bond acceptors (Lipinski definition) is 4. The highest BCUT2D eigenvalue weighted by Gasteiger charge is 2.26. The second kappa shape index (κ2) is 12.3. The van der Waals surface area contributed by atoms with Crippen molar-refractivity contribution in [2.45, 2.75) is 71.3 Å². The normalized spacial score (nSPS) is 20.3. The van der Waals surface area contributed by atoms with Crippen LogP contribution in [0.25, 0.3) is 0 Å². The molecule has 0 aromatic rings. The van der Waals surface area contributed by atoms with E-state index in [0.29, 0.717) is 5.92 Å². The van der Waals surface area contributed by atoms with E-state index < -0.39 is 5.60 Å². The van der Waals surface area contributed by atoms with Crippen LogP contribution >= 0.6 is 0 Å². The van der Waals surface area contributed by atoms with Crippen molar-refractivity contribution in [2.75, 3.05) is 52.9 Å². The van der Waals surface area contributed by atoms with E-state index in [9.17, 15) is 4.79 Å². The summed E-state index contributed by atoms with van der Waals surface area (Å²) in [4.78, 5) is 21.0. The molecule has 2 N–H and O–H groups in total. The first-order valence-electron chi connectivity index (χ1n) is 11.5. The molecule has 0 radical (unpaired) electrons. The van der Waals surface area contributed by atoms with Crippen LogP contribution in [0, 0.1) is 5.92 Å². The maximum absolute atomic E-state index is 12.2. The van der Waals surface area contributed by atoms with Crippen LogP contribution in [0.4, 0.5) is 4.79 Å². The van der Waals surface area contributed by atoms with Crippen molar-refractivity contribution in [3.8, 4) is 0 Å². The van der Waals surface area contributed by atoms with E-state index in [1.54, 1.807) is 0 Å². The minimum absolute atomic E-state index is 0.189. The summed E-state index contributed by atoms with van der Waals surface area (Å²) in [5, 5.41) is 6.91. The van der Waals surface area contributed by atoms with Gasteiger partial charge < -0.3 is 25.2 Å². The molecule has 0 aromatic carbocycles. The van der Waals surface area contributed by atoms with Gasteiger partial charge in [-0.2, -0.15) is 0 Å². The van der Waals surface area contributed by atoms with Crippen molar-refractivity contribution in [1.82, 2.24) is 20.4 Å². The predicted octanol–water partition coefficient (Wildman–Crippen LogP) is 3.06. The summed E-state index contributed by atoms with van der Waals surface area (Å²) in [6.07, 6.45) is 8.44. The molecular weight excluding hydrogens is 366 g/mol. The number of carbonyl (C=O) groups excluding carboxylic acids is 1. The largest absolute Gasteiger partial charge is 0.444 e. The van der Waals surface area contributed by atoms with Gasteiger partial charge in [0.2, 0.25) is 0 Å². The Morgan fingerprint density at radius 3 is 2.28 bits per heavy atom. The third-order valence-corrected chi connectivity index (χ3v) is 5.69. The van der Waals surface area contributed by atoms with Gasteiger partial charge in [-0.1, -0.05) is 12.8 Å². The Labute approximate surface area is 177 Å². The first-order chi connectivity index (χ1) is 13.9. The van der Waals surface area contributed by atoms with Gasteiger partial charge in [0.1, 0.15) is 5.60 Å². The van der Waals surface area contributed by atoms with Gasteiger partial charge in [0.05, 0.1) is 0 Å². The van der Waals surface area contributed by atoms with E-state index in [4.69, 9.17) is 4.74 Å². The summed E-state index contributed by atoms with van der Waals surface area (Å²) in [6.45, 7) is 12.8. The third kappa shape index (κ3) is 9.70. The van der Waals surface area contributed by atoms with Crippen LogP contribution in [0.3, 0.4) is 0 Å². The molecule has 2 aliphatic rings. The van der Waals surface area contributed by atoms with Gasteiger partial charge in [-0.3, -0.25) is 4.99 Å². The fraction of sp³-hybridized carbons (Fsp3) is 0.909. The number of amides is 1. The summed E-state index contributed by atoms with van der Waals surface area (Å²) < 4.78 is 5.47. The van der Waals surface area contributed by atoms with Crippen molar-refractivity contribution in [1.29, 1.82) is 0 Å². The van der Waals surface area contributed by atoms with Crippen molar-refractivity contribution >= 4 is 12.1 Å². The molecule has 2 rings (SSSR count). The Morgan fingerprint density at radius 2 is 1.69 bits per heavy atom. The van der Waals surface area contributed by atoms with Crippen molar-refractivity contribution in [3.63, 3.8) is 0 Å². The zero-order chi connectivity index (χ0) is 21.1. The fourth-order valence-corrected chi connectivity index (χ4v) is 3.98. The molecule has 0 saturated carbocycles. The second-order valence-electron chi connectivity index (χ2n) is 9.40. The molecule has 0 aromatic heterocycles. The van der Waals surface area contributed by atoms with Gasteiger partial charge in [-0.15, -0.1) is 0 Å². The van der Waals surface area contributed by atoms with E-state index >= 15 is 0 Å². The van der Waals surface area contributed by atoms with E-state index in [0.717, 1.165) is 51.4 Å². The zero-order valence-electron chi connectivity index (χ0n) is 19.1. The highest BCUT2D eigenvalue weighted by molar-refractivity contribution is 5.79. The minimum Gasteiger partial charge on any atom is -0.444 e. The molecule has 2 fully saturated rings. The monoisotopic (exact) mass is 409 g/mol. The summed E-state index contributed by atoms with van der Waals surface area (Å²) in [5.74, 6) is 1.44. The van der Waals surface area contributed by atoms with Crippen molar-refractivity contribution < 1.29 is 9.53 Å². The molecule has 1 amide bonds. The summed E-state index contributed by atoms with van der Waals surface area (Å²) in [7, 11) is 1.83. The average Bonchev–Trinajstić information content (AvgIpc) is 2.95. The number of nitrogens with zero attached hydrogens (tertiary/aromatic N) is 3. The molecule has 7 nitrogen and oxygen atoms in total. The summed E-state index contributed by atoms with van der Waals surface area (Å²) in [6, 6.07) is 0. The van der Waals surface area contributed by atoms with Gasteiger partial charge >= 0.3 is 6.09 Å². The van der Waals surface area contributed by atoms with Crippen LogP contribution in [0.15, 0.2) is 4.99 Å². The average molecular weight is 410 g/mol. The van der Waals surface area contributed by atoms with Gasteiger partial charge in [-0.05, 0) is 78.4 Å². The van der Waals surface area contributed by atoms with Gasteiger partial charge in [0.15, 0.2) is 5.96 Å². The molecule has 2 heterocycles. The SMILES string of the molecule is CN=C(NCCCN1CCCCCC1)NCC1CCN(C(=O)OC(C)(C)C)CC1. The van der Waals surface area contributed by atoms with Gasteiger partial charge in [0.25, 0.3) is 0 Å². The Balaban J connectivity index is 1.58. The third-order valence-electron chi connectivity index (χ3n) is 5.69. The molecule has 7 heteroatoms. The minimum atomic E-state index is -0.430. The van der Waals surface area contributed by atoms with Crippen molar-refractivity contribution in [2.24, 2.45) is 10.9 Å². The Hall–Kier alpha value is -1.50. The number of carbonyl (C=O) groups is 1. The van der Waals surface area contributed by atoms with Gasteiger partial charge in [-0.25, -0.2) is 4.79 Å². The summed E-state index contributed by atoms with van der Waals surface area (Å²) in [5.41, 5.74) is -0.430. The molecule has 2 aliphatic heterocycles. The van der Waals surface area contributed by atoms with Crippen LogP contribution in [-0.4, -0.2) is 80.3 Å². The molecular formula is C22H43N5O2. The quantitative estimate of drug-likeness (QED) is 0.401. The zero-order valence-corrected chi connectivity index (χ0v) is 19.1. The van der Waals surface area contributed by atoms with Crippen LogP contribution < -0.4 is 10.6 Å². The number of nitrogens with one attached hydrogen (secondary N) is 2. The molecule has 0 atom stereocenters. The molecule has 168 valence electrons. The predicted molar refractivity (Wildman–Crippen MR) is 119 cm³/mol. The van der Waals surface area contributed by atoms with Gasteiger partial charge in [0, 0.05) is 33.2 Å². The molecule has 29 heavy (non-hydrogen) atoms. The molecule has 0 aliphatic carbocycles. The van der Waals surface area contributed by atoms with Crippen LogP contribution in [0.1, 0.15) is 65.7 Å². The molecule has 0 unspecified atom stereocenters. The second-order valence-corrected chi connectivity index (χ2v) is 9.40. The first kappa shape index (κ1) is 23.8. The number of hydrogen-bond donors (Lipinski definition) is 2. The Bertz CT molecular complexity index is 502. The van der Waals surface area contributed by atoms with Crippen LogP contribution in [0.5, 0.6) is 0 Å². The number of rotatable bonds is 6. The summed E-state index contributed by atoms with van der Waals surface area (Å²) >= 11 is 0. The van der Waals surface area contributed by atoms with Crippen LogP contribution in [0.2, 0.25) is 0 Å². The maximum Gasteiger partial charge on any atom is 0.410 e. The lowest BCUT2D eigenvalue weighted by Crippen LogP contribution is -2.45. The van der Waals surface area contributed by atoms with E-state index in [-0.39, 0.29) is 6.09 Å². The lowest BCUT2D eigenvalue weighted by molar-refractivity contribution is 0.0185. The lowest BCUT2D eigenvalue weighted by atomic mass is 9.97. The first-order valence-corrected chi connectivity index (χ1v) is 11.5. The van der Waals surface area contributed by atoms with E-state index in [1.807, 2.05) is 32.7 Å². The number of piperidine rings is 1. The van der Waals surface area contributed by atoms with E-state index in [2.05, 4.69) is 20.5 Å². The Kier molecular flexibility index (Phi) is 10.0. The highest BCUT2D eigenvalue weighted by Crippen LogP contribution is 2.19. The number of aliphatic imine (C=N–C) groups is 1. The van der Waals surface area contributed by atoms with Crippen LogP contribution in [-0.2, 0) is 4.74 Å². The molecule has 2 saturated heterocycles. The number of likely N-dealkylation sites (tertiary alicyclic amines) is 2. The lowest BCUT2D eigenvalue weighted by Gasteiger charge is -2.33. The molecule has 0 spiro atoms. The number of ether oxygens (including phenoxy) is 1. The smallest absolute Gasteiger partial charge is 0.410 e.